The molecule has 1 amide bonds. The minimum absolute atomic E-state index is 0.0396. The van der Waals surface area contributed by atoms with Crippen LogP contribution in [0.3, 0.4) is 0 Å². The smallest absolute Gasteiger partial charge is 0.412 e. The summed E-state index contributed by atoms with van der Waals surface area (Å²) in [6, 6.07) is 8.80. The van der Waals surface area contributed by atoms with Crippen LogP contribution in [0, 0.1) is 0 Å². The van der Waals surface area contributed by atoms with Gasteiger partial charge in [0.1, 0.15) is 25.0 Å². The molecule has 1 aliphatic rings. The highest BCUT2D eigenvalue weighted by Gasteiger charge is 2.40. The highest BCUT2D eigenvalue weighted by molar-refractivity contribution is 5.72. The summed E-state index contributed by atoms with van der Waals surface area (Å²) < 4.78 is 15.9. The van der Waals surface area contributed by atoms with Gasteiger partial charge in [-0.05, 0) is 32.8 Å². The highest BCUT2D eigenvalue weighted by atomic mass is 16.6. The van der Waals surface area contributed by atoms with E-state index in [-0.39, 0.29) is 26.2 Å². The zero-order valence-electron chi connectivity index (χ0n) is 15.3. The first-order valence-electron chi connectivity index (χ1n) is 8.56. The third-order valence-electron chi connectivity index (χ3n) is 3.83. The number of carbonyl (C=O) groups excluding carboxylic acids is 3. The molecule has 0 N–H and O–H groups in total. The van der Waals surface area contributed by atoms with E-state index < -0.39 is 29.8 Å². The first kappa shape index (κ1) is 19.9. The van der Waals surface area contributed by atoms with Gasteiger partial charge < -0.3 is 19.0 Å². The van der Waals surface area contributed by atoms with Crippen molar-refractivity contribution in [2.45, 2.75) is 58.0 Å². The lowest BCUT2D eigenvalue weighted by Crippen LogP contribution is -2.43. The second-order valence-electron chi connectivity index (χ2n) is 7.10. The van der Waals surface area contributed by atoms with Gasteiger partial charge in [0.05, 0.1) is 6.04 Å². The summed E-state index contributed by atoms with van der Waals surface area (Å²) in [5.41, 5.74) is 0.237. The summed E-state index contributed by atoms with van der Waals surface area (Å²) in [5, 5.41) is 0. The zero-order chi connectivity index (χ0) is 19.2. The number of hydrogen-bond acceptors (Lipinski definition) is 6. The Labute approximate surface area is 153 Å². The number of esters is 1. The van der Waals surface area contributed by atoms with Gasteiger partial charge in [0, 0.05) is 6.42 Å². The Morgan fingerprint density at radius 2 is 1.96 bits per heavy atom. The fourth-order valence-electron chi connectivity index (χ4n) is 2.59. The van der Waals surface area contributed by atoms with Crippen molar-refractivity contribution < 1.29 is 28.6 Å². The normalized spacial score (nSPS) is 19.9. The number of aldehydes is 1. The molecule has 0 bridgehead atoms. The third-order valence-corrected chi connectivity index (χ3v) is 3.83. The van der Waals surface area contributed by atoms with Crippen molar-refractivity contribution in [1.29, 1.82) is 0 Å². The zero-order valence-corrected chi connectivity index (χ0v) is 15.3. The van der Waals surface area contributed by atoms with Crippen molar-refractivity contribution in [1.82, 2.24) is 4.90 Å². The summed E-state index contributed by atoms with van der Waals surface area (Å²) in [5.74, 6) is -0.394. The first-order chi connectivity index (χ1) is 12.3. The predicted molar refractivity (Wildman–Crippen MR) is 93.1 cm³/mol. The lowest BCUT2D eigenvalue weighted by molar-refractivity contribution is -0.145. The van der Waals surface area contributed by atoms with Crippen LogP contribution in [0.2, 0.25) is 0 Å². The fraction of sp³-hybridized carbons (Fsp3) is 0.526. The van der Waals surface area contributed by atoms with Gasteiger partial charge in [-0.15, -0.1) is 0 Å². The topological polar surface area (TPSA) is 82.1 Å². The van der Waals surface area contributed by atoms with Crippen molar-refractivity contribution in [3.05, 3.63) is 35.9 Å². The summed E-state index contributed by atoms with van der Waals surface area (Å²) >= 11 is 0. The summed E-state index contributed by atoms with van der Waals surface area (Å²) in [6.07, 6.45) is -0.362. The average molecular weight is 363 g/mol. The summed E-state index contributed by atoms with van der Waals surface area (Å²) in [6.45, 7) is 5.43. The van der Waals surface area contributed by atoms with Gasteiger partial charge >= 0.3 is 12.1 Å². The number of nitrogens with zero attached hydrogens (tertiary/aromatic N) is 1. The molecule has 2 rings (SSSR count). The summed E-state index contributed by atoms with van der Waals surface area (Å²) in [7, 11) is 0. The molecule has 0 aromatic heterocycles. The van der Waals surface area contributed by atoms with Gasteiger partial charge in [-0.3, -0.25) is 9.69 Å². The van der Waals surface area contributed by atoms with E-state index in [9.17, 15) is 14.4 Å². The molecule has 142 valence electrons. The summed E-state index contributed by atoms with van der Waals surface area (Å²) in [4.78, 5) is 36.8. The Morgan fingerprint density at radius 3 is 2.58 bits per heavy atom. The highest BCUT2D eigenvalue weighted by Crippen LogP contribution is 2.23. The molecule has 0 aliphatic carbocycles. The quantitative estimate of drug-likeness (QED) is 0.571. The molecule has 1 aromatic carbocycles. The Hall–Kier alpha value is -2.41. The van der Waals surface area contributed by atoms with Crippen molar-refractivity contribution in [3.63, 3.8) is 0 Å². The Kier molecular flexibility index (Phi) is 6.74. The Balaban J connectivity index is 1.88. The van der Waals surface area contributed by atoms with Crippen LogP contribution in [0.15, 0.2) is 30.3 Å². The van der Waals surface area contributed by atoms with Crippen molar-refractivity contribution in [3.8, 4) is 0 Å². The number of carbonyl (C=O) groups is 3. The largest absolute Gasteiger partial charge is 0.461 e. The number of ether oxygens (including phenoxy) is 3. The lowest BCUT2D eigenvalue weighted by atomic mass is 10.1. The van der Waals surface area contributed by atoms with Gasteiger partial charge in [-0.2, -0.15) is 0 Å². The van der Waals surface area contributed by atoms with E-state index in [1.165, 1.54) is 4.90 Å². The van der Waals surface area contributed by atoms with Gasteiger partial charge in [0.25, 0.3) is 0 Å². The van der Waals surface area contributed by atoms with Crippen LogP contribution in [0.25, 0.3) is 0 Å². The molecule has 0 saturated carbocycles. The van der Waals surface area contributed by atoms with E-state index in [1.54, 1.807) is 20.8 Å². The molecule has 26 heavy (non-hydrogen) atoms. The van der Waals surface area contributed by atoms with Crippen LogP contribution in [-0.4, -0.2) is 47.7 Å². The van der Waals surface area contributed by atoms with Crippen LogP contribution in [-0.2, 0) is 30.4 Å². The maximum absolute atomic E-state index is 12.3. The van der Waals surface area contributed by atoms with Crippen molar-refractivity contribution in [2.24, 2.45) is 0 Å². The second kappa shape index (κ2) is 8.80. The number of rotatable bonds is 6. The predicted octanol–water partition coefficient (Wildman–Crippen LogP) is 2.67. The Bertz CT molecular complexity index is 625. The van der Waals surface area contributed by atoms with Crippen LogP contribution in [0.4, 0.5) is 4.79 Å². The molecule has 1 aliphatic heterocycles. The molecule has 0 radical (unpaired) electrons. The fourth-order valence-corrected chi connectivity index (χ4v) is 2.59. The van der Waals surface area contributed by atoms with Crippen LogP contribution >= 0.6 is 0 Å². The van der Waals surface area contributed by atoms with E-state index in [0.29, 0.717) is 6.29 Å². The van der Waals surface area contributed by atoms with Gasteiger partial charge in [0.15, 0.2) is 6.29 Å². The second-order valence-corrected chi connectivity index (χ2v) is 7.10. The number of amides is 1. The SMILES string of the molecule is CC(C)(C)OC(=O)N1COC(C=O)C1CCC(=O)OCc1ccccc1. The van der Waals surface area contributed by atoms with E-state index in [4.69, 9.17) is 14.2 Å². The maximum atomic E-state index is 12.3. The molecule has 1 heterocycles. The number of benzene rings is 1. The van der Waals surface area contributed by atoms with E-state index in [2.05, 4.69) is 0 Å². The van der Waals surface area contributed by atoms with E-state index in [1.807, 2.05) is 30.3 Å². The van der Waals surface area contributed by atoms with E-state index in [0.717, 1.165) is 5.56 Å². The van der Waals surface area contributed by atoms with Gasteiger partial charge in [0.2, 0.25) is 0 Å². The van der Waals surface area contributed by atoms with Gasteiger partial charge in [-0.1, -0.05) is 30.3 Å². The molecule has 1 aromatic rings. The van der Waals surface area contributed by atoms with Crippen LogP contribution in [0.1, 0.15) is 39.2 Å². The van der Waals surface area contributed by atoms with E-state index >= 15 is 0 Å². The van der Waals surface area contributed by atoms with Crippen molar-refractivity contribution >= 4 is 18.3 Å². The molecule has 1 fully saturated rings. The lowest BCUT2D eigenvalue weighted by Gasteiger charge is -2.27. The Morgan fingerprint density at radius 1 is 1.27 bits per heavy atom. The van der Waals surface area contributed by atoms with Gasteiger partial charge in [-0.25, -0.2) is 4.79 Å². The minimum Gasteiger partial charge on any atom is -0.461 e. The number of hydrogen-bond donors (Lipinski definition) is 0. The minimum atomic E-state index is -0.774. The standard InChI is InChI=1S/C19H25NO6/c1-19(2,3)26-18(23)20-13-25-16(11-21)15(20)9-10-17(22)24-12-14-7-5-4-6-8-14/h4-8,11,15-16H,9-10,12-13H2,1-3H3. The molecule has 2 unspecified atom stereocenters. The molecule has 1 saturated heterocycles. The van der Waals surface area contributed by atoms with Crippen LogP contribution < -0.4 is 0 Å². The average Bonchev–Trinajstić information content (AvgIpc) is 3.00. The van der Waals surface area contributed by atoms with Crippen molar-refractivity contribution in [2.75, 3.05) is 6.73 Å². The molecule has 7 heteroatoms. The molecule has 0 spiro atoms. The molecular weight excluding hydrogens is 338 g/mol. The van der Waals surface area contributed by atoms with Crippen LogP contribution in [0.5, 0.6) is 0 Å². The molecule has 2 atom stereocenters. The molecular formula is C19H25NO6. The third kappa shape index (κ3) is 5.84. The molecule has 7 nitrogen and oxygen atoms in total. The maximum Gasteiger partial charge on any atom is 0.412 e. The first-order valence-corrected chi connectivity index (χ1v) is 8.56. The monoisotopic (exact) mass is 363 g/mol.